The number of para-hydroxylation sites is 2. The summed E-state index contributed by atoms with van der Waals surface area (Å²) in [6.45, 7) is 15.8. The number of hydrogen-bond donors (Lipinski definition) is 0. The van der Waals surface area contributed by atoms with Crippen LogP contribution < -0.4 is 18.9 Å². The second-order valence-corrected chi connectivity index (χ2v) is 12.7. The highest BCUT2D eigenvalue weighted by molar-refractivity contribution is 5.57. The molecule has 4 aromatic rings. The number of fused-ring (bicyclic) bond motifs is 8. The fraction of sp³-hybridized carbons (Fsp3) is 0.429. The first kappa shape index (κ1) is 33.4. The lowest BCUT2D eigenvalue weighted by Crippen LogP contribution is -2.10. The maximum Gasteiger partial charge on any atom is 0.126 e. The van der Waals surface area contributed by atoms with Crippen molar-refractivity contribution in [3.8, 4) is 23.0 Å². The summed E-state index contributed by atoms with van der Waals surface area (Å²) in [5.74, 6) is 3.97. The topological polar surface area (TPSA) is 36.9 Å². The molecule has 0 amide bonds. The van der Waals surface area contributed by atoms with Crippen LogP contribution in [0.15, 0.2) is 60.7 Å². The van der Waals surface area contributed by atoms with Crippen LogP contribution in [0.1, 0.15) is 109 Å². The monoisotopic (exact) mass is 620 g/mol. The molecular formula is C42H52O4. The van der Waals surface area contributed by atoms with Crippen molar-refractivity contribution < 1.29 is 18.9 Å². The number of rotatable bonds is 12. The molecular weight excluding hydrogens is 568 g/mol. The minimum atomic E-state index is 0.676. The summed E-state index contributed by atoms with van der Waals surface area (Å²) in [6, 6.07) is 22.4. The molecule has 1 aliphatic carbocycles. The van der Waals surface area contributed by atoms with Gasteiger partial charge in [-0.05, 0) is 84.0 Å². The molecule has 46 heavy (non-hydrogen) atoms. The van der Waals surface area contributed by atoms with Gasteiger partial charge in [0.05, 0.1) is 26.4 Å². The van der Waals surface area contributed by atoms with E-state index in [4.69, 9.17) is 18.9 Å². The van der Waals surface area contributed by atoms with Gasteiger partial charge in [0.2, 0.25) is 0 Å². The van der Waals surface area contributed by atoms with Crippen molar-refractivity contribution in [3.05, 3.63) is 116 Å². The van der Waals surface area contributed by atoms with Gasteiger partial charge < -0.3 is 18.9 Å². The van der Waals surface area contributed by atoms with Crippen LogP contribution in [0.2, 0.25) is 0 Å². The fourth-order valence-electron chi connectivity index (χ4n) is 6.59. The van der Waals surface area contributed by atoms with Crippen molar-refractivity contribution in [2.45, 2.75) is 92.9 Å². The van der Waals surface area contributed by atoms with Gasteiger partial charge >= 0.3 is 0 Å². The van der Waals surface area contributed by atoms with Gasteiger partial charge in [-0.2, -0.15) is 0 Å². The molecule has 4 aromatic carbocycles. The molecule has 0 spiro atoms. The molecule has 8 bridgehead atoms. The van der Waals surface area contributed by atoms with E-state index in [2.05, 4.69) is 102 Å². The Morgan fingerprint density at radius 1 is 0.391 bits per heavy atom. The first-order valence-corrected chi connectivity index (χ1v) is 17.4. The van der Waals surface area contributed by atoms with E-state index in [-0.39, 0.29) is 0 Å². The summed E-state index contributed by atoms with van der Waals surface area (Å²) in [4.78, 5) is 0. The van der Waals surface area contributed by atoms with Crippen LogP contribution in [0.25, 0.3) is 0 Å². The molecule has 0 N–H and O–H groups in total. The van der Waals surface area contributed by atoms with Crippen molar-refractivity contribution in [2.24, 2.45) is 0 Å². The Labute approximate surface area is 277 Å². The van der Waals surface area contributed by atoms with Crippen LogP contribution in [0.4, 0.5) is 0 Å². The Hall–Kier alpha value is -3.92. The summed E-state index contributed by atoms with van der Waals surface area (Å²) < 4.78 is 26.4. The standard InChI is InChI=1S/C42H52O4/c1-7-17-43-39-31-13-11-14-32(39)26-36-22-30(6)24-38(42(36)46-20-10-4)28-34-16-12-15-33(40(34)44-18-8-2)27-37-23-29(5)21-35(25-31)41(37)45-19-9-3/h11-16,21-24H,7-10,17-20,25-28H2,1-6H3. The summed E-state index contributed by atoms with van der Waals surface area (Å²) in [5.41, 5.74) is 12.0. The Kier molecular flexibility index (Phi) is 11.7. The quantitative estimate of drug-likeness (QED) is 0.139. The van der Waals surface area contributed by atoms with E-state index in [0.717, 1.165) is 74.4 Å². The van der Waals surface area contributed by atoms with Crippen LogP contribution in [-0.4, -0.2) is 26.4 Å². The number of ether oxygens (including phenoxy) is 4. The molecule has 0 heterocycles. The van der Waals surface area contributed by atoms with Crippen molar-refractivity contribution in [1.29, 1.82) is 0 Å². The van der Waals surface area contributed by atoms with Gasteiger partial charge in [-0.1, -0.05) is 99.5 Å². The fourth-order valence-corrected chi connectivity index (χ4v) is 6.59. The molecule has 0 saturated carbocycles. The smallest absolute Gasteiger partial charge is 0.126 e. The molecule has 0 fully saturated rings. The Morgan fingerprint density at radius 2 is 0.630 bits per heavy atom. The van der Waals surface area contributed by atoms with E-state index in [1.165, 1.54) is 55.6 Å². The highest BCUT2D eigenvalue weighted by Gasteiger charge is 2.22. The molecule has 4 heteroatoms. The second kappa shape index (κ2) is 16.1. The third-order valence-electron chi connectivity index (χ3n) is 8.46. The maximum atomic E-state index is 6.61. The van der Waals surface area contributed by atoms with Gasteiger partial charge in [0, 0.05) is 25.7 Å². The third kappa shape index (κ3) is 7.89. The molecule has 0 atom stereocenters. The van der Waals surface area contributed by atoms with Crippen molar-refractivity contribution in [3.63, 3.8) is 0 Å². The molecule has 244 valence electrons. The van der Waals surface area contributed by atoms with E-state index < -0.39 is 0 Å². The van der Waals surface area contributed by atoms with Crippen LogP contribution in [-0.2, 0) is 25.7 Å². The van der Waals surface area contributed by atoms with E-state index in [1.807, 2.05) is 0 Å². The molecule has 0 aliphatic heterocycles. The lowest BCUT2D eigenvalue weighted by Gasteiger charge is -2.23. The van der Waals surface area contributed by atoms with Crippen LogP contribution in [0, 0.1) is 13.8 Å². The maximum absolute atomic E-state index is 6.61. The van der Waals surface area contributed by atoms with E-state index in [9.17, 15) is 0 Å². The van der Waals surface area contributed by atoms with E-state index in [1.54, 1.807) is 0 Å². The van der Waals surface area contributed by atoms with Crippen molar-refractivity contribution in [1.82, 2.24) is 0 Å². The normalized spacial score (nSPS) is 12.5. The molecule has 5 rings (SSSR count). The van der Waals surface area contributed by atoms with Gasteiger partial charge in [-0.15, -0.1) is 0 Å². The summed E-state index contributed by atoms with van der Waals surface area (Å²) in [5, 5.41) is 0. The van der Waals surface area contributed by atoms with Crippen molar-refractivity contribution >= 4 is 0 Å². The Bertz CT molecular complexity index is 1410. The van der Waals surface area contributed by atoms with E-state index in [0.29, 0.717) is 26.4 Å². The lowest BCUT2D eigenvalue weighted by molar-refractivity contribution is 0.304. The summed E-state index contributed by atoms with van der Waals surface area (Å²) >= 11 is 0. The predicted molar refractivity (Wildman–Crippen MR) is 190 cm³/mol. The van der Waals surface area contributed by atoms with E-state index >= 15 is 0 Å². The average Bonchev–Trinajstić information content (AvgIpc) is 3.03. The zero-order valence-corrected chi connectivity index (χ0v) is 28.9. The van der Waals surface area contributed by atoms with Gasteiger partial charge in [0.25, 0.3) is 0 Å². The molecule has 0 radical (unpaired) electrons. The number of hydrogen-bond acceptors (Lipinski definition) is 4. The van der Waals surface area contributed by atoms with Gasteiger partial charge in [0.1, 0.15) is 23.0 Å². The second-order valence-electron chi connectivity index (χ2n) is 12.7. The first-order valence-electron chi connectivity index (χ1n) is 17.4. The minimum absolute atomic E-state index is 0.676. The molecule has 4 nitrogen and oxygen atoms in total. The number of aryl methyl sites for hydroxylation is 2. The van der Waals surface area contributed by atoms with Crippen LogP contribution in [0.5, 0.6) is 23.0 Å². The van der Waals surface area contributed by atoms with Crippen LogP contribution >= 0.6 is 0 Å². The third-order valence-corrected chi connectivity index (χ3v) is 8.46. The molecule has 0 saturated heterocycles. The zero-order valence-electron chi connectivity index (χ0n) is 28.9. The highest BCUT2D eigenvalue weighted by atomic mass is 16.5. The van der Waals surface area contributed by atoms with Crippen LogP contribution in [0.3, 0.4) is 0 Å². The molecule has 1 aliphatic rings. The highest BCUT2D eigenvalue weighted by Crippen LogP contribution is 2.39. The molecule has 0 unspecified atom stereocenters. The summed E-state index contributed by atoms with van der Waals surface area (Å²) in [7, 11) is 0. The minimum Gasteiger partial charge on any atom is -0.493 e. The lowest BCUT2D eigenvalue weighted by atomic mass is 9.90. The first-order chi connectivity index (χ1) is 22.4. The molecule has 0 aromatic heterocycles. The SMILES string of the molecule is CCCOc1c2cccc1Cc1cc(C)cc(c1OCCC)Cc1cccc(c1OCCC)Cc1cc(C)cc(c1OCCC)C2. The predicted octanol–water partition coefficient (Wildman–Crippen LogP) is 10.1. The Morgan fingerprint density at radius 3 is 0.870 bits per heavy atom. The van der Waals surface area contributed by atoms with Gasteiger partial charge in [-0.3, -0.25) is 0 Å². The van der Waals surface area contributed by atoms with Gasteiger partial charge in [-0.25, -0.2) is 0 Å². The van der Waals surface area contributed by atoms with Gasteiger partial charge in [0.15, 0.2) is 0 Å². The zero-order chi connectivity index (χ0) is 32.5. The number of benzene rings is 4. The largest absolute Gasteiger partial charge is 0.493 e. The van der Waals surface area contributed by atoms with Crippen molar-refractivity contribution in [2.75, 3.05) is 26.4 Å². The summed E-state index contributed by atoms with van der Waals surface area (Å²) in [6.07, 6.45) is 6.74. The average molecular weight is 621 g/mol. The Balaban J connectivity index is 1.79.